The van der Waals surface area contributed by atoms with Crippen molar-refractivity contribution >= 4 is 17.6 Å². The number of ether oxygens (including phenoxy) is 1. The van der Waals surface area contributed by atoms with Crippen molar-refractivity contribution in [2.24, 2.45) is 5.92 Å². The van der Waals surface area contributed by atoms with Crippen molar-refractivity contribution < 1.29 is 19.4 Å². The molecule has 2 saturated heterocycles. The van der Waals surface area contributed by atoms with E-state index in [1.807, 2.05) is 30.0 Å². The van der Waals surface area contributed by atoms with Crippen molar-refractivity contribution in [1.29, 1.82) is 0 Å². The Morgan fingerprint density at radius 2 is 1.84 bits per heavy atom. The predicted molar refractivity (Wildman–Crippen MR) is 94.5 cm³/mol. The van der Waals surface area contributed by atoms with Gasteiger partial charge in [0.25, 0.3) is 5.91 Å². The Bertz CT molecular complexity index is 613. The molecule has 2 heterocycles. The standard InChI is InChI=1S/C19H26N2O4/c1-13-12-16(25-17(13)19(23)24)18(22)21-10-8-15(9-11-21)20(2)14-6-4-3-5-7-14/h3-7,13,15-17H,8-12H2,1-2H3,(H,23,24)/t13-,16-,17-/m1/s1. The summed E-state index contributed by atoms with van der Waals surface area (Å²) in [6.45, 7) is 3.20. The number of anilines is 1. The van der Waals surface area contributed by atoms with Crippen LogP contribution in [0.4, 0.5) is 5.69 Å². The molecule has 6 heteroatoms. The zero-order valence-electron chi connectivity index (χ0n) is 14.8. The molecule has 136 valence electrons. The lowest BCUT2D eigenvalue weighted by atomic mass is 9.99. The summed E-state index contributed by atoms with van der Waals surface area (Å²) in [4.78, 5) is 27.9. The van der Waals surface area contributed by atoms with E-state index in [1.54, 1.807) is 0 Å². The van der Waals surface area contributed by atoms with Crippen LogP contribution in [0.15, 0.2) is 30.3 Å². The lowest BCUT2D eigenvalue weighted by molar-refractivity contribution is -0.156. The number of amides is 1. The molecule has 2 fully saturated rings. The molecule has 1 aromatic rings. The number of nitrogens with zero attached hydrogens (tertiary/aromatic N) is 2. The van der Waals surface area contributed by atoms with Crippen molar-refractivity contribution in [2.75, 3.05) is 25.0 Å². The fourth-order valence-electron chi connectivity index (χ4n) is 3.84. The van der Waals surface area contributed by atoms with Gasteiger partial charge >= 0.3 is 5.97 Å². The van der Waals surface area contributed by atoms with E-state index in [2.05, 4.69) is 24.1 Å². The first-order valence-corrected chi connectivity index (χ1v) is 8.92. The van der Waals surface area contributed by atoms with Gasteiger partial charge in [-0.3, -0.25) is 4.79 Å². The number of para-hydroxylation sites is 1. The van der Waals surface area contributed by atoms with Crippen LogP contribution >= 0.6 is 0 Å². The van der Waals surface area contributed by atoms with Gasteiger partial charge in [0.1, 0.15) is 6.10 Å². The van der Waals surface area contributed by atoms with Crippen molar-refractivity contribution in [3.05, 3.63) is 30.3 Å². The lowest BCUT2D eigenvalue weighted by Crippen LogP contribution is -2.48. The van der Waals surface area contributed by atoms with Crippen molar-refractivity contribution in [3.63, 3.8) is 0 Å². The van der Waals surface area contributed by atoms with Gasteiger partial charge in [-0.25, -0.2) is 4.79 Å². The van der Waals surface area contributed by atoms with E-state index in [0.29, 0.717) is 25.6 Å². The second-order valence-electron chi connectivity index (χ2n) is 7.10. The summed E-state index contributed by atoms with van der Waals surface area (Å²) in [6.07, 6.45) is 0.818. The fourth-order valence-corrected chi connectivity index (χ4v) is 3.84. The van der Waals surface area contributed by atoms with Crippen LogP contribution in [0.1, 0.15) is 26.2 Å². The molecule has 25 heavy (non-hydrogen) atoms. The highest BCUT2D eigenvalue weighted by Crippen LogP contribution is 2.29. The highest BCUT2D eigenvalue weighted by atomic mass is 16.5. The summed E-state index contributed by atoms with van der Waals surface area (Å²) in [7, 11) is 2.09. The maximum Gasteiger partial charge on any atom is 0.333 e. The van der Waals surface area contributed by atoms with Crippen LogP contribution in [-0.2, 0) is 14.3 Å². The number of rotatable bonds is 4. The first-order chi connectivity index (χ1) is 12.0. The van der Waals surface area contributed by atoms with E-state index in [4.69, 9.17) is 9.84 Å². The molecule has 0 spiro atoms. The fraction of sp³-hybridized carbons (Fsp3) is 0.579. The van der Waals surface area contributed by atoms with Gasteiger partial charge in [0.05, 0.1) is 0 Å². The molecule has 6 nitrogen and oxygen atoms in total. The quantitative estimate of drug-likeness (QED) is 0.903. The number of hydrogen-bond donors (Lipinski definition) is 1. The Balaban J connectivity index is 1.54. The number of carboxylic acid groups (broad SMARTS) is 1. The summed E-state index contributed by atoms with van der Waals surface area (Å²) in [5.74, 6) is -1.17. The molecule has 1 N–H and O–H groups in total. The van der Waals surface area contributed by atoms with Crippen LogP contribution in [-0.4, -0.2) is 60.3 Å². The summed E-state index contributed by atoms with van der Waals surface area (Å²) in [5, 5.41) is 9.14. The molecule has 0 aliphatic carbocycles. The maximum absolute atomic E-state index is 12.7. The minimum Gasteiger partial charge on any atom is -0.479 e. The minimum atomic E-state index is -0.981. The number of aliphatic carboxylic acids is 1. The first kappa shape index (κ1) is 17.7. The van der Waals surface area contributed by atoms with Crippen LogP contribution in [0.25, 0.3) is 0 Å². The van der Waals surface area contributed by atoms with E-state index in [-0.39, 0.29) is 11.8 Å². The molecule has 2 aliphatic heterocycles. The lowest BCUT2D eigenvalue weighted by Gasteiger charge is -2.38. The smallest absolute Gasteiger partial charge is 0.333 e. The van der Waals surface area contributed by atoms with Gasteiger partial charge in [-0.05, 0) is 37.3 Å². The number of piperidine rings is 1. The van der Waals surface area contributed by atoms with Crippen molar-refractivity contribution in [1.82, 2.24) is 4.90 Å². The number of likely N-dealkylation sites (tertiary alicyclic amines) is 1. The van der Waals surface area contributed by atoms with Gasteiger partial charge < -0.3 is 19.6 Å². The van der Waals surface area contributed by atoms with Crippen molar-refractivity contribution in [3.8, 4) is 0 Å². The molecule has 0 saturated carbocycles. The summed E-state index contributed by atoms with van der Waals surface area (Å²) < 4.78 is 5.49. The molecular formula is C19H26N2O4. The predicted octanol–water partition coefficient (Wildman–Crippen LogP) is 1.99. The van der Waals surface area contributed by atoms with Gasteiger partial charge in [0, 0.05) is 31.9 Å². The van der Waals surface area contributed by atoms with Crippen LogP contribution in [0, 0.1) is 5.92 Å². The summed E-state index contributed by atoms with van der Waals surface area (Å²) in [6, 6.07) is 10.7. The highest BCUT2D eigenvalue weighted by molar-refractivity contribution is 5.83. The van der Waals surface area contributed by atoms with E-state index in [9.17, 15) is 9.59 Å². The van der Waals surface area contributed by atoms with Crippen LogP contribution < -0.4 is 4.90 Å². The number of carboxylic acids is 1. The van der Waals surface area contributed by atoms with E-state index >= 15 is 0 Å². The SMILES string of the molecule is C[C@@H]1C[C@H](C(=O)N2CCC(N(C)c3ccccc3)CC2)O[C@H]1C(=O)O. The van der Waals surface area contributed by atoms with Gasteiger partial charge in [-0.15, -0.1) is 0 Å². The zero-order valence-corrected chi connectivity index (χ0v) is 14.8. The van der Waals surface area contributed by atoms with Crippen LogP contribution in [0.2, 0.25) is 0 Å². The van der Waals surface area contributed by atoms with Gasteiger partial charge in [0.2, 0.25) is 0 Å². The molecule has 0 bridgehead atoms. The number of carbonyl (C=O) groups excluding carboxylic acids is 1. The molecule has 1 aromatic carbocycles. The molecule has 0 unspecified atom stereocenters. The summed E-state index contributed by atoms with van der Waals surface area (Å²) >= 11 is 0. The largest absolute Gasteiger partial charge is 0.479 e. The Morgan fingerprint density at radius 3 is 2.40 bits per heavy atom. The molecule has 0 aromatic heterocycles. The minimum absolute atomic E-state index is 0.0589. The Kier molecular flexibility index (Phi) is 5.27. The molecule has 0 radical (unpaired) electrons. The molecule has 2 aliphatic rings. The topological polar surface area (TPSA) is 70.1 Å². The second kappa shape index (κ2) is 7.44. The average Bonchev–Trinajstić information content (AvgIpc) is 3.03. The van der Waals surface area contributed by atoms with Gasteiger partial charge in [0.15, 0.2) is 6.10 Å². The highest BCUT2D eigenvalue weighted by Gasteiger charge is 2.42. The Labute approximate surface area is 148 Å². The van der Waals surface area contributed by atoms with E-state index < -0.39 is 18.2 Å². The van der Waals surface area contributed by atoms with Crippen LogP contribution in [0.5, 0.6) is 0 Å². The maximum atomic E-state index is 12.7. The molecule has 3 rings (SSSR count). The monoisotopic (exact) mass is 346 g/mol. The number of hydrogen-bond acceptors (Lipinski definition) is 4. The first-order valence-electron chi connectivity index (χ1n) is 8.92. The zero-order chi connectivity index (χ0) is 18.0. The van der Waals surface area contributed by atoms with Crippen LogP contribution in [0.3, 0.4) is 0 Å². The average molecular weight is 346 g/mol. The third-order valence-electron chi connectivity index (χ3n) is 5.42. The molecule has 1 amide bonds. The Hall–Kier alpha value is -2.08. The summed E-state index contributed by atoms with van der Waals surface area (Å²) in [5.41, 5.74) is 1.18. The normalized spacial score (nSPS) is 27.3. The Morgan fingerprint density at radius 1 is 1.20 bits per heavy atom. The van der Waals surface area contributed by atoms with Gasteiger partial charge in [-0.2, -0.15) is 0 Å². The second-order valence-corrected chi connectivity index (χ2v) is 7.10. The third-order valence-corrected chi connectivity index (χ3v) is 5.42. The number of benzene rings is 1. The van der Waals surface area contributed by atoms with E-state index in [0.717, 1.165) is 12.8 Å². The van der Waals surface area contributed by atoms with E-state index in [1.165, 1.54) is 5.69 Å². The van der Waals surface area contributed by atoms with Gasteiger partial charge in [-0.1, -0.05) is 25.1 Å². The molecular weight excluding hydrogens is 320 g/mol. The van der Waals surface area contributed by atoms with Crippen molar-refractivity contribution in [2.45, 2.75) is 44.4 Å². The third kappa shape index (κ3) is 3.79. The number of carbonyl (C=O) groups is 2. The molecule has 3 atom stereocenters.